The van der Waals surface area contributed by atoms with Gasteiger partial charge in [-0.2, -0.15) is 0 Å². The average Bonchev–Trinajstić information content (AvgIpc) is 3.24. The van der Waals surface area contributed by atoms with Crippen LogP contribution in [0.3, 0.4) is 0 Å². The van der Waals surface area contributed by atoms with Crippen LogP contribution in [0.5, 0.6) is 0 Å². The Morgan fingerprint density at radius 3 is 2.50 bits per heavy atom. The first-order valence-corrected chi connectivity index (χ1v) is 7.92. The Hall–Kier alpha value is -2.01. The van der Waals surface area contributed by atoms with Crippen LogP contribution in [0, 0.1) is 0 Å². The van der Waals surface area contributed by atoms with Crippen LogP contribution in [0.25, 0.3) is 0 Å². The molecular formula is C17H23N3O2. The van der Waals surface area contributed by atoms with E-state index in [9.17, 15) is 4.79 Å². The molecule has 118 valence electrons. The lowest BCUT2D eigenvalue weighted by Crippen LogP contribution is -2.42. The molecule has 0 aromatic heterocycles. The summed E-state index contributed by atoms with van der Waals surface area (Å²) in [6.45, 7) is 2.88. The van der Waals surface area contributed by atoms with Crippen molar-refractivity contribution in [3.63, 3.8) is 0 Å². The van der Waals surface area contributed by atoms with Crippen LogP contribution in [0.2, 0.25) is 0 Å². The molecule has 22 heavy (non-hydrogen) atoms. The van der Waals surface area contributed by atoms with E-state index in [1.165, 1.54) is 5.69 Å². The fraction of sp³-hybridized carbons (Fsp3) is 0.471. The number of urea groups is 1. The van der Waals surface area contributed by atoms with Gasteiger partial charge in [0, 0.05) is 37.9 Å². The van der Waals surface area contributed by atoms with E-state index in [2.05, 4.69) is 46.6 Å². The summed E-state index contributed by atoms with van der Waals surface area (Å²) in [7, 11) is 0. The smallest absolute Gasteiger partial charge is 0.317 e. The maximum Gasteiger partial charge on any atom is 0.317 e. The normalized spacial score (nSPS) is 16.9. The van der Waals surface area contributed by atoms with Gasteiger partial charge >= 0.3 is 6.03 Å². The highest BCUT2D eigenvalue weighted by Gasteiger charge is 2.31. The summed E-state index contributed by atoms with van der Waals surface area (Å²) in [5.41, 5.74) is 2.30. The van der Waals surface area contributed by atoms with Gasteiger partial charge < -0.3 is 20.2 Å². The van der Waals surface area contributed by atoms with Gasteiger partial charge in [-0.15, -0.1) is 0 Å². The van der Waals surface area contributed by atoms with E-state index in [4.69, 9.17) is 5.11 Å². The van der Waals surface area contributed by atoms with Crippen molar-refractivity contribution in [2.45, 2.75) is 25.4 Å². The number of amides is 2. The molecule has 0 radical (unpaired) electrons. The fourth-order valence-electron chi connectivity index (χ4n) is 2.74. The van der Waals surface area contributed by atoms with Gasteiger partial charge in [0.25, 0.3) is 0 Å². The average molecular weight is 301 g/mol. The lowest BCUT2D eigenvalue weighted by atomic mass is 10.2. The van der Waals surface area contributed by atoms with Gasteiger partial charge in [0.15, 0.2) is 0 Å². The molecule has 1 saturated carbocycles. The van der Waals surface area contributed by atoms with Gasteiger partial charge in [-0.1, -0.05) is 24.3 Å². The van der Waals surface area contributed by atoms with Gasteiger partial charge in [0.2, 0.25) is 0 Å². The molecule has 1 fully saturated rings. The van der Waals surface area contributed by atoms with Crippen LogP contribution in [0.15, 0.2) is 36.4 Å². The molecule has 2 N–H and O–H groups in total. The molecule has 0 spiro atoms. The van der Waals surface area contributed by atoms with Crippen molar-refractivity contribution in [2.24, 2.45) is 0 Å². The van der Waals surface area contributed by atoms with Gasteiger partial charge in [-0.05, 0) is 30.5 Å². The molecule has 1 aromatic rings. The second-order valence-corrected chi connectivity index (χ2v) is 5.85. The van der Waals surface area contributed by atoms with Gasteiger partial charge in [-0.25, -0.2) is 4.79 Å². The Kier molecular flexibility index (Phi) is 4.63. The Balaban J connectivity index is 1.51. The Morgan fingerprint density at radius 1 is 1.23 bits per heavy atom. The maximum atomic E-state index is 12.2. The number of nitrogens with one attached hydrogen (secondary N) is 1. The molecule has 5 heteroatoms. The quantitative estimate of drug-likeness (QED) is 0.787. The van der Waals surface area contributed by atoms with Crippen molar-refractivity contribution >= 4 is 11.7 Å². The zero-order chi connectivity index (χ0) is 15.4. The molecule has 1 aromatic carbocycles. The summed E-state index contributed by atoms with van der Waals surface area (Å²) in [5.74, 6) is 0. The molecule has 0 bridgehead atoms. The molecular weight excluding hydrogens is 278 g/mol. The monoisotopic (exact) mass is 301 g/mol. The number of benzene rings is 1. The molecule has 1 aliphatic carbocycles. The Morgan fingerprint density at radius 2 is 1.91 bits per heavy atom. The number of hydrogen-bond donors (Lipinski definition) is 2. The molecule has 3 rings (SSSR count). The minimum atomic E-state index is -0.0793. The minimum absolute atomic E-state index is 0.0164. The number of carbonyl (C=O) groups excluding carboxylic acids is 1. The second kappa shape index (κ2) is 6.83. The lowest BCUT2D eigenvalue weighted by molar-refractivity contribution is 0.173. The fourth-order valence-corrected chi connectivity index (χ4v) is 2.74. The highest BCUT2D eigenvalue weighted by molar-refractivity contribution is 5.75. The van der Waals surface area contributed by atoms with E-state index >= 15 is 0 Å². The number of aliphatic hydroxyl groups excluding tert-OH is 1. The van der Waals surface area contributed by atoms with Crippen LogP contribution < -0.4 is 10.2 Å². The molecule has 1 heterocycles. The van der Waals surface area contributed by atoms with Crippen LogP contribution in [0.1, 0.15) is 18.4 Å². The van der Waals surface area contributed by atoms with Gasteiger partial charge in [-0.3, -0.25) is 0 Å². The summed E-state index contributed by atoms with van der Waals surface area (Å²) in [6, 6.07) is 8.55. The van der Waals surface area contributed by atoms with Gasteiger partial charge in [0.05, 0.1) is 6.61 Å². The first kappa shape index (κ1) is 14.9. The first-order chi connectivity index (χ1) is 10.8. The molecule has 2 aliphatic rings. The van der Waals surface area contributed by atoms with Crippen molar-refractivity contribution in [3.8, 4) is 0 Å². The third kappa shape index (κ3) is 3.60. The van der Waals surface area contributed by atoms with E-state index in [1.54, 1.807) is 4.90 Å². The van der Waals surface area contributed by atoms with E-state index in [-0.39, 0.29) is 12.6 Å². The number of carbonyl (C=O) groups is 1. The van der Waals surface area contributed by atoms with E-state index in [0.29, 0.717) is 19.1 Å². The number of rotatable bonds is 6. The largest absolute Gasteiger partial charge is 0.395 e. The number of hydrogen-bond acceptors (Lipinski definition) is 3. The van der Waals surface area contributed by atoms with Crippen molar-refractivity contribution in [1.82, 2.24) is 10.2 Å². The minimum Gasteiger partial charge on any atom is -0.395 e. The third-order valence-corrected chi connectivity index (χ3v) is 4.15. The van der Waals surface area contributed by atoms with Crippen LogP contribution >= 0.6 is 0 Å². The van der Waals surface area contributed by atoms with Crippen LogP contribution in [-0.2, 0) is 6.54 Å². The zero-order valence-corrected chi connectivity index (χ0v) is 12.7. The van der Waals surface area contributed by atoms with Crippen LogP contribution in [0.4, 0.5) is 10.5 Å². The van der Waals surface area contributed by atoms with Crippen LogP contribution in [-0.4, -0.2) is 48.3 Å². The standard InChI is InChI=1S/C17H23N3O2/c21-12-11-20(16-7-8-16)17(22)18-13-14-3-5-15(6-4-14)19-9-1-2-10-19/h1-6,16,21H,7-13H2,(H,18,22). The molecule has 2 amide bonds. The number of aliphatic hydroxyl groups is 1. The van der Waals surface area contributed by atoms with Crippen molar-refractivity contribution in [1.29, 1.82) is 0 Å². The topological polar surface area (TPSA) is 55.8 Å². The van der Waals surface area contributed by atoms with E-state index < -0.39 is 0 Å². The summed E-state index contributed by atoms with van der Waals surface area (Å²) in [6.07, 6.45) is 6.43. The van der Waals surface area contributed by atoms with Crippen molar-refractivity contribution < 1.29 is 9.90 Å². The summed E-state index contributed by atoms with van der Waals surface area (Å²) in [4.78, 5) is 16.2. The van der Waals surface area contributed by atoms with E-state index in [1.807, 2.05) is 0 Å². The summed E-state index contributed by atoms with van der Waals surface area (Å²) < 4.78 is 0. The van der Waals surface area contributed by atoms with Crippen molar-refractivity contribution in [2.75, 3.05) is 31.1 Å². The molecule has 0 unspecified atom stereocenters. The summed E-state index contributed by atoms with van der Waals surface area (Å²) in [5, 5.41) is 12.0. The SMILES string of the molecule is O=C(NCc1ccc(N2CC=CC2)cc1)N(CCO)C1CC1. The third-order valence-electron chi connectivity index (χ3n) is 4.15. The predicted octanol–water partition coefficient (Wildman–Crippen LogP) is 1.73. The Labute approximate surface area is 131 Å². The summed E-state index contributed by atoms with van der Waals surface area (Å²) >= 11 is 0. The second-order valence-electron chi connectivity index (χ2n) is 5.85. The predicted molar refractivity (Wildman–Crippen MR) is 86.8 cm³/mol. The molecule has 1 aliphatic heterocycles. The van der Waals surface area contributed by atoms with Gasteiger partial charge in [0.1, 0.15) is 0 Å². The highest BCUT2D eigenvalue weighted by atomic mass is 16.3. The highest BCUT2D eigenvalue weighted by Crippen LogP contribution is 2.26. The molecule has 0 atom stereocenters. The Bertz CT molecular complexity index is 529. The maximum absolute atomic E-state index is 12.2. The van der Waals surface area contributed by atoms with Crippen molar-refractivity contribution in [3.05, 3.63) is 42.0 Å². The number of anilines is 1. The zero-order valence-electron chi connectivity index (χ0n) is 12.7. The lowest BCUT2D eigenvalue weighted by Gasteiger charge is -2.22. The molecule has 5 nitrogen and oxygen atoms in total. The first-order valence-electron chi connectivity index (χ1n) is 7.92. The molecule has 0 saturated heterocycles. The number of nitrogens with zero attached hydrogens (tertiary/aromatic N) is 2. The van der Waals surface area contributed by atoms with E-state index in [0.717, 1.165) is 31.5 Å².